The quantitative estimate of drug-likeness (QED) is 0.852. The average molecular weight is 232 g/mol. The van der Waals surface area contributed by atoms with Crippen LogP contribution >= 0.6 is 15.9 Å². The fraction of sp³-hybridized carbons (Fsp3) is 0.500. The van der Waals surface area contributed by atoms with Crippen molar-refractivity contribution in [2.45, 2.75) is 19.4 Å². The van der Waals surface area contributed by atoms with Crippen LogP contribution in [0, 0.1) is 6.92 Å². The molecule has 0 aliphatic carbocycles. The van der Waals surface area contributed by atoms with Gasteiger partial charge in [0.15, 0.2) is 0 Å². The van der Waals surface area contributed by atoms with Crippen molar-refractivity contribution in [1.29, 1.82) is 0 Å². The van der Waals surface area contributed by atoms with Crippen LogP contribution in [0.4, 0.5) is 0 Å². The molecule has 12 heavy (non-hydrogen) atoms. The van der Waals surface area contributed by atoms with E-state index in [-0.39, 0.29) is 6.61 Å². The molecule has 1 N–H and O–H groups in total. The summed E-state index contributed by atoms with van der Waals surface area (Å²) in [6, 6.07) is 0. The van der Waals surface area contributed by atoms with Crippen LogP contribution in [0.2, 0.25) is 0 Å². The van der Waals surface area contributed by atoms with Crippen molar-refractivity contribution in [3.05, 3.63) is 23.3 Å². The number of aryl methyl sites for hydroxylation is 1. The summed E-state index contributed by atoms with van der Waals surface area (Å²) in [5.41, 5.74) is 1.10. The molecule has 0 aromatic carbocycles. The zero-order valence-corrected chi connectivity index (χ0v) is 8.42. The molecule has 1 heterocycles. The lowest BCUT2D eigenvalue weighted by Gasteiger charge is -1.96. The summed E-state index contributed by atoms with van der Waals surface area (Å²) in [6.07, 6.45) is 3.43. The molecule has 1 rings (SSSR count). The maximum atomic E-state index is 8.60. The summed E-state index contributed by atoms with van der Waals surface area (Å²) in [6.45, 7) is 4.74. The van der Waals surface area contributed by atoms with Gasteiger partial charge < -0.3 is 5.11 Å². The number of hydrogen-bond donors (Lipinski definition) is 1. The van der Waals surface area contributed by atoms with Crippen molar-refractivity contribution >= 4 is 15.9 Å². The van der Waals surface area contributed by atoms with Crippen LogP contribution in [-0.2, 0) is 13.0 Å². The largest absolute Gasteiger partial charge is 0.396 e. The number of aromatic nitrogens is 2. The average Bonchev–Trinajstić information content (AvgIpc) is 2.43. The normalized spacial score (nSPS) is 10.6. The maximum Gasteiger partial charge on any atom is 0.131 e. The van der Waals surface area contributed by atoms with Crippen molar-refractivity contribution in [2.24, 2.45) is 0 Å². The van der Waals surface area contributed by atoms with Crippen LogP contribution < -0.4 is 0 Å². The van der Waals surface area contributed by atoms with E-state index in [9.17, 15) is 0 Å². The fourth-order valence-corrected chi connectivity index (χ4v) is 1.46. The first-order valence-electron chi connectivity index (χ1n) is 3.90. The molecule has 0 aliphatic rings. The van der Waals surface area contributed by atoms with Crippen LogP contribution in [0.25, 0.3) is 0 Å². The number of hydrogen-bond acceptors (Lipinski definition) is 2. The smallest absolute Gasteiger partial charge is 0.131 e. The van der Waals surface area contributed by atoms with E-state index in [0.717, 1.165) is 29.6 Å². The molecule has 0 fully saturated rings. The molecule has 0 aliphatic heterocycles. The van der Waals surface area contributed by atoms with Crippen molar-refractivity contribution in [3.63, 3.8) is 0 Å². The third kappa shape index (κ3) is 2.32. The minimum atomic E-state index is 0.206. The van der Waals surface area contributed by atoms with Gasteiger partial charge in [0.1, 0.15) is 4.60 Å². The van der Waals surface area contributed by atoms with Gasteiger partial charge in [-0.25, -0.2) is 0 Å². The number of nitrogens with zero attached hydrogens (tertiary/aromatic N) is 2. The highest BCUT2D eigenvalue weighted by molar-refractivity contribution is 9.10. The second-order valence-electron chi connectivity index (χ2n) is 2.54. The molecule has 0 bridgehead atoms. The molecule has 0 saturated heterocycles. The lowest BCUT2D eigenvalue weighted by molar-refractivity contribution is 0.277. The van der Waals surface area contributed by atoms with Gasteiger partial charge in [-0.3, -0.25) is 4.68 Å². The van der Waals surface area contributed by atoms with E-state index in [1.807, 2.05) is 10.9 Å². The highest BCUT2D eigenvalue weighted by atomic mass is 79.9. The second kappa shape index (κ2) is 4.62. The minimum absolute atomic E-state index is 0.206. The Morgan fingerprint density at radius 2 is 2.42 bits per heavy atom. The van der Waals surface area contributed by atoms with Crippen molar-refractivity contribution in [2.75, 3.05) is 6.61 Å². The third-order valence-electron chi connectivity index (χ3n) is 1.60. The Labute approximate surface area is 80.5 Å². The SMILES string of the molecule is [CH2]Cc1cn(CCCO)nc1Br. The van der Waals surface area contributed by atoms with Gasteiger partial charge in [-0.15, -0.1) is 0 Å². The summed E-state index contributed by atoms with van der Waals surface area (Å²) < 4.78 is 2.68. The molecular weight excluding hydrogens is 220 g/mol. The van der Waals surface area contributed by atoms with Crippen molar-refractivity contribution < 1.29 is 5.11 Å². The Balaban J connectivity index is 2.62. The summed E-state index contributed by atoms with van der Waals surface area (Å²) in [5.74, 6) is 0. The molecule has 4 heteroatoms. The molecule has 1 aromatic rings. The van der Waals surface area contributed by atoms with Gasteiger partial charge in [0.2, 0.25) is 0 Å². The zero-order valence-electron chi connectivity index (χ0n) is 6.83. The highest BCUT2D eigenvalue weighted by Gasteiger charge is 2.02. The van der Waals surface area contributed by atoms with E-state index < -0.39 is 0 Å². The van der Waals surface area contributed by atoms with Crippen LogP contribution in [0.3, 0.4) is 0 Å². The van der Waals surface area contributed by atoms with Gasteiger partial charge in [-0.05, 0) is 35.7 Å². The summed E-state index contributed by atoms with van der Waals surface area (Å²) in [7, 11) is 0. The Morgan fingerprint density at radius 1 is 1.67 bits per heavy atom. The van der Waals surface area contributed by atoms with Gasteiger partial charge >= 0.3 is 0 Å². The lowest BCUT2D eigenvalue weighted by atomic mass is 10.3. The van der Waals surface area contributed by atoms with E-state index in [2.05, 4.69) is 28.0 Å². The molecule has 0 amide bonds. The Bertz CT molecular complexity index is 247. The molecular formula is C8H12BrN2O. The highest BCUT2D eigenvalue weighted by Crippen LogP contribution is 2.14. The van der Waals surface area contributed by atoms with E-state index >= 15 is 0 Å². The number of rotatable bonds is 4. The van der Waals surface area contributed by atoms with E-state index in [1.165, 1.54) is 0 Å². The minimum Gasteiger partial charge on any atom is -0.396 e. The topological polar surface area (TPSA) is 38.0 Å². The third-order valence-corrected chi connectivity index (χ3v) is 2.27. The summed E-state index contributed by atoms with van der Waals surface area (Å²) >= 11 is 3.33. The molecule has 0 spiro atoms. The predicted molar refractivity (Wildman–Crippen MR) is 50.7 cm³/mol. The van der Waals surface area contributed by atoms with Gasteiger partial charge in [0.25, 0.3) is 0 Å². The van der Waals surface area contributed by atoms with Crippen LogP contribution in [0.5, 0.6) is 0 Å². The summed E-state index contributed by atoms with van der Waals surface area (Å²) in [5, 5.41) is 12.8. The van der Waals surface area contributed by atoms with Crippen LogP contribution in [0.15, 0.2) is 10.8 Å². The van der Waals surface area contributed by atoms with Gasteiger partial charge in [-0.1, -0.05) is 0 Å². The Hall–Kier alpha value is -0.350. The number of halogens is 1. The fourth-order valence-electron chi connectivity index (χ4n) is 0.954. The maximum absolute atomic E-state index is 8.60. The van der Waals surface area contributed by atoms with Crippen molar-refractivity contribution in [1.82, 2.24) is 9.78 Å². The Kier molecular flexibility index (Phi) is 3.75. The lowest BCUT2D eigenvalue weighted by Crippen LogP contribution is -2.00. The molecule has 0 unspecified atom stereocenters. The number of aliphatic hydroxyl groups excluding tert-OH is 1. The predicted octanol–water partition coefficient (Wildman–Crippen LogP) is 1.40. The first-order valence-corrected chi connectivity index (χ1v) is 4.69. The molecule has 1 radical (unpaired) electrons. The number of aliphatic hydroxyl groups is 1. The van der Waals surface area contributed by atoms with E-state index in [4.69, 9.17) is 5.11 Å². The van der Waals surface area contributed by atoms with Gasteiger partial charge in [0, 0.05) is 24.9 Å². The van der Waals surface area contributed by atoms with Gasteiger partial charge in [0.05, 0.1) is 0 Å². The molecule has 67 valence electrons. The Morgan fingerprint density at radius 3 is 2.92 bits per heavy atom. The van der Waals surface area contributed by atoms with Gasteiger partial charge in [-0.2, -0.15) is 5.10 Å². The molecule has 3 nitrogen and oxygen atoms in total. The van der Waals surface area contributed by atoms with Crippen LogP contribution in [-0.4, -0.2) is 21.5 Å². The molecule has 0 saturated carbocycles. The molecule has 0 atom stereocenters. The van der Waals surface area contributed by atoms with E-state index in [1.54, 1.807) is 0 Å². The first-order chi connectivity index (χ1) is 5.77. The second-order valence-corrected chi connectivity index (χ2v) is 3.29. The van der Waals surface area contributed by atoms with E-state index in [0.29, 0.717) is 0 Å². The first kappa shape index (κ1) is 9.74. The standard InChI is InChI=1S/C8H12BrN2O/c1-2-7-6-11(4-3-5-12)10-8(7)9/h6,12H,1-5H2. The zero-order chi connectivity index (χ0) is 8.97. The molecule has 1 aromatic heterocycles. The monoisotopic (exact) mass is 231 g/mol. The summed E-state index contributed by atoms with van der Waals surface area (Å²) in [4.78, 5) is 0. The van der Waals surface area contributed by atoms with Crippen molar-refractivity contribution in [3.8, 4) is 0 Å². The van der Waals surface area contributed by atoms with Crippen LogP contribution in [0.1, 0.15) is 12.0 Å².